The van der Waals surface area contributed by atoms with Gasteiger partial charge >= 0.3 is 5.97 Å². The Morgan fingerprint density at radius 3 is 2.30 bits per heavy atom. The van der Waals surface area contributed by atoms with E-state index in [1.807, 2.05) is 24.3 Å². The molecule has 0 spiro atoms. The summed E-state index contributed by atoms with van der Waals surface area (Å²) in [7, 11) is -3.88. The number of amides is 1. The minimum atomic E-state index is -3.88. The lowest BCUT2D eigenvalue weighted by Gasteiger charge is -2.15. The summed E-state index contributed by atoms with van der Waals surface area (Å²) in [6.45, 7) is 1.66. The Bertz CT molecular complexity index is 1350. The van der Waals surface area contributed by atoms with Gasteiger partial charge in [-0.15, -0.1) is 0 Å². The molecule has 0 aromatic heterocycles. The number of nitrogens with one attached hydrogen (secondary N) is 2. The highest BCUT2D eigenvalue weighted by Crippen LogP contribution is 2.26. The Labute approximate surface area is 200 Å². The number of anilines is 1. The van der Waals surface area contributed by atoms with Gasteiger partial charge in [0.05, 0.1) is 16.1 Å². The van der Waals surface area contributed by atoms with Crippen molar-refractivity contribution < 1.29 is 23.1 Å². The maximum Gasteiger partial charge on any atom is 0.337 e. The predicted molar refractivity (Wildman–Crippen MR) is 128 cm³/mol. The molecule has 0 atom stereocenters. The Morgan fingerprint density at radius 2 is 1.67 bits per heavy atom. The lowest BCUT2D eigenvalue weighted by molar-refractivity contribution is 0.0698. The maximum absolute atomic E-state index is 13.1. The van der Waals surface area contributed by atoms with Crippen molar-refractivity contribution in [2.24, 2.45) is 0 Å². The molecule has 0 saturated carbocycles. The number of aromatic carboxylic acids is 1. The number of carbonyl (C=O) groups excluding carboxylic acids is 1. The molecular formula is C24H21BrN2O5S. The van der Waals surface area contributed by atoms with E-state index in [9.17, 15) is 23.1 Å². The average Bonchev–Trinajstić information content (AvgIpc) is 3.16. The number of carbonyl (C=O) groups is 2. The highest BCUT2D eigenvalue weighted by atomic mass is 79.9. The molecule has 0 bridgehead atoms. The van der Waals surface area contributed by atoms with E-state index < -0.39 is 21.9 Å². The number of sulfonamides is 1. The van der Waals surface area contributed by atoms with Crippen LogP contribution in [0.4, 0.5) is 5.69 Å². The van der Waals surface area contributed by atoms with Crippen LogP contribution in [0.15, 0.2) is 70.0 Å². The van der Waals surface area contributed by atoms with Gasteiger partial charge < -0.3 is 10.4 Å². The number of rotatable bonds is 6. The van der Waals surface area contributed by atoms with Crippen LogP contribution >= 0.6 is 15.9 Å². The van der Waals surface area contributed by atoms with Gasteiger partial charge in [-0.1, -0.05) is 46.3 Å². The summed E-state index contributed by atoms with van der Waals surface area (Å²) < 4.78 is 29.6. The third-order valence-corrected chi connectivity index (χ3v) is 7.73. The quantitative estimate of drug-likeness (QED) is 0.444. The van der Waals surface area contributed by atoms with Crippen molar-refractivity contribution in [3.63, 3.8) is 0 Å². The van der Waals surface area contributed by atoms with Gasteiger partial charge in [0.1, 0.15) is 0 Å². The normalized spacial score (nSPS) is 13.5. The van der Waals surface area contributed by atoms with E-state index in [0.717, 1.165) is 11.1 Å². The number of carboxylic acid groups (broad SMARTS) is 1. The fourth-order valence-electron chi connectivity index (χ4n) is 3.95. The van der Waals surface area contributed by atoms with Crippen LogP contribution in [0, 0.1) is 6.92 Å². The summed E-state index contributed by atoms with van der Waals surface area (Å²) in [6, 6.07) is 16.4. The second-order valence-corrected chi connectivity index (χ2v) is 10.5. The standard InChI is InChI=1S/C24H21BrN2O5S/c1-14-6-7-17(23(28)26-21-9-8-18(25)13-20(21)24(29)30)12-22(14)33(31,32)27-19-10-15-4-2-3-5-16(15)11-19/h2-9,12-13,19,27H,10-11H2,1H3,(H,26,28)(H,29,30). The first-order valence-corrected chi connectivity index (χ1v) is 12.5. The maximum atomic E-state index is 13.1. The largest absolute Gasteiger partial charge is 0.478 e. The molecule has 1 aliphatic rings. The molecule has 1 amide bonds. The number of hydrogen-bond donors (Lipinski definition) is 3. The van der Waals surface area contributed by atoms with Crippen molar-refractivity contribution in [2.45, 2.75) is 30.7 Å². The Morgan fingerprint density at radius 1 is 1.00 bits per heavy atom. The summed E-state index contributed by atoms with van der Waals surface area (Å²) in [4.78, 5) is 24.3. The van der Waals surface area contributed by atoms with Crippen molar-refractivity contribution >= 4 is 43.5 Å². The Balaban J connectivity index is 1.57. The molecule has 1 aliphatic carbocycles. The predicted octanol–water partition coefficient (Wildman–Crippen LogP) is 4.15. The summed E-state index contributed by atoms with van der Waals surface area (Å²) in [5.41, 5.74) is 2.89. The van der Waals surface area contributed by atoms with E-state index in [-0.39, 0.29) is 27.8 Å². The molecule has 4 rings (SSSR count). The third kappa shape index (κ3) is 5.00. The van der Waals surface area contributed by atoms with Gasteiger partial charge in [0, 0.05) is 16.1 Å². The number of fused-ring (bicyclic) bond motifs is 1. The number of halogens is 1. The highest BCUT2D eigenvalue weighted by Gasteiger charge is 2.28. The molecule has 3 aromatic rings. The van der Waals surface area contributed by atoms with Gasteiger partial charge in [-0.2, -0.15) is 0 Å². The van der Waals surface area contributed by atoms with Crippen LogP contribution in [-0.2, 0) is 22.9 Å². The molecule has 0 aliphatic heterocycles. The SMILES string of the molecule is Cc1ccc(C(=O)Nc2ccc(Br)cc2C(=O)O)cc1S(=O)(=O)NC1Cc2ccccc2C1. The molecule has 0 saturated heterocycles. The van der Waals surface area contributed by atoms with E-state index >= 15 is 0 Å². The van der Waals surface area contributed by atoms with Crippen LogP contribution in [0.5, 0.6) is 0 Å². The monoisotopic (exact) mass is 528 g/mol. The molecular weight excluding hydrogens is 508 g/mol. The average molecular weight is 529 g/mol. The van der Waals surface area contributed by atoms with Gasteiger partial charge in [-0.25, -0.2) is 17.9 Å². The number of hydrogen-bond acceptors (Lipinski definition) is 4. The molecule has 170 valence electrons. The molecule has 0 fully saturated rings. The van der Waals surface area contributed by atoms with Crippen LogP contribution in [0.1, 0.15) is 37.4 Å². The lowest BCUT2D eigenvalue weighted by atomic mass is 10.1. The van der Waals surface area contributed by atoms with E-state index in [0.29, 0.717) is 22.9 Å². The summed E-state index contributed by atoms with van der Waals surface area (Å²) >= 11 is 3.21. The Kier molecular flexibility index (Phi) is 6.38. The van der Waals surface area contributed by atoms with Crippen LogP contribution in [-0.4, -0.2) is 31.4 Å². The summed E-state index contributed by atoms with van der Waals surface area (Å²) in [5.74, 6) is -1.80. The van der Waals surface area contributed by atoms with Gasteiger partial charge in [0.25, 0.3) is 5.91 Å². The van der Waals surface area contributed by atoms with Gasteiger partial charge in [0.15, 0.2) is 0 Å². The first-order valence-electron chi connectivity index (χ1n) is 10.2. The van der Waals surface area contributed by atoms with E-state index in [1.54, 1.807) is 19.1 Å². The lowest BCUT2D eigenvalue weighted by Crippen LogP contribution is -2.35. The molecule has 7 nitrogen and oxygen atoms in total. The second-order valence-electron chi connectivity index (χ2n) is 7.92. The third-order valence-electron chi connectivity index (χ3n) is 5.57. The van der Waals surface area contributed by atoms with E-state index in [1.165, 1.54) is 24.3 Å². The van der Waals surface area contributed by atoms with Gasteiger partial charge in [-0.3, -0.25) is 4.79 Å². The fraction of sp³-hybridized carbons (Fsp3) is 0.167. The molecule has 9 heteroatoms. The minimum absolute atomic E-state index is 0.0142. The zero-order valence-corrected chi connectivity index (χ0v) is 20.0. The van der Waals surface area contributed by atoms with Crippen LogP contribution in [0.2, 0.25) is 0 Å². The van der Waals surface area contributed by atoms with Crippen molar-refractivity contribution in [3.8, 4) is 0 Å². The van der Waals surface area contributed by atoms with Crippen molar-refractivity contribution in [2.75, 3.05) is 5.32 Å². The molecule has 3 aromatic carbocycles. The number of aryl methyl sites for hydroxylation is 1. The zero-order valence-electron chi connectivity index (χ0n) is 17.6. The summed E-state index contributed by atoms with van der Waals surface area (Å²) in [5, 5.41) is 12.0. The Hall–Kier alpha value is -3.01. The van der Waals surface area contributed by atoms with Crippen molar-refractivity contribution in [1.82, 2.24) is 4.72 Å². The summed E-state index contributed by atoms with van der Waals surface area (Å²) in [6.07, 6.45) is 1.21. The minimum Gasteiger partial charge on any atom is -0.478 e. The van der Waals surface area contributed by atoms with Crippen LogP contribution in [0.25, 0.3) is 0 Å². The van der Waals surface area contributed by atoms with Gasteiger partial charge in [-0.05, 0) is 66.8 Å². The van der Waals surface area contributed by atoms with E-state index in [2.05, 4.69) is 26.0 Å². The van der Waals surface area contributed by atoms with Gasteiger partial charge in [0.2, 0.25) is 10.0 Å². The second kappa shape index (κ2) is 9.09. The fourth-order valence-corrected chi connectivity index (χ4v) is 5.82. The molecule has 0 heterocycles. The molecule has 0 unspecified atom stereocenters. The molecule has 33 heavy (non-hydrogen) atoms. The van der Waals surface area contributed by atoms with Crippen LogP contribution in [0.3, 0.4) is 0 Å². The smallest absolute Gasteiger partial charge is 0.337 e. The first-order chi connectivity index (χ1) is 15.6. The van der Waals surface area contributed by atoms with Crippen molar-refractivity contribution in [3.05, 3.63) is 93.0 Å². The molecule has 0 radical (unpaired) electrons. The first kappa shape index (κ1) is 23.2. The number of carboxylic acids is 1. The van der Waals surface area contributed by atoms with Crippen molar-refractivity contribution in [1.29, 1.82) is 0 Å². The number of benzene rings is 3. The highest BCUT2D eigenvalue weighted by molar-refractivity contribution is 9.10. The topological polar surface area (TPSA) is 113 Å². The molecule has 3 N–H and O–H groups in total. The zero-order chi connectivity index (χ0) is 23.8. The van der Waals surface area contributed by atoms with Crippen LogP contribution < -0.4 is 10.0 Å². The van der Waals surface area contributed by atoms with E-state index in [4.69, 9.17) is 0 Å².